The fraction of sp³-hybridized carbons (Fsp3) is 0.522. The molecular weight excluding hydrogens is 364 g/mol. The first-order chi connectivity index (χ1) is 14.2. The highest BCUT2D eigenvalue weighted by molar-refractivity contribution is 5.95. The molecule has 1 aromatic carbocycles. The van der Waals surface area contributed by atoms with Crippen molar-refractivity contribution in [1.82, 2.24) is 19.8 Å². The van der Waals surface area contributed by atoms with E-state index in [1.807, 2.05) is 11.8 Å². The van der Waals surface area contributed by atoms with Gasteiger partial charge in [0.25, 0.3) is 5.91 Å². The van der Waals surface area contributed by atoms with Crippen LogP contribution in [-0.2, 0) is 11.2 Å². The second-order valence-corrected chi connectivity index (χ2v) is 7.98. The lowest BCUT2D eigenvalue weighted by molar-refractivity contribution is 0.0301. The number of ether oxygens (including phenoxy) is 1. The van der Waals surface area contributed by atoms with Crippen LogP contribution in [0.5, 0.6) is 0 Å². The number of likely N-dealkylation sites (tertiary alicyclic amines) is 1. The van der Waals surface area contributed by atoms with Crippen LogP contribution in [0.25, 0.3) is 0 Å². The summed E-state index contributed by atoms with van der Waals surface area (Å²) < 4.78 is 5.34. The monoisotopic (exact) mass is 394 g/mol. The van der Waals surface area contributed by atoms with Gasteiger partial charge in [-0.1, -0.05) is 30.3 Å². The third-order valence-electron chi connectivity index (χ3n) is 6.04. The molecule has 2 aliphatic rings. The number of aromatic nitrogens is 2. The number of nitrogens with zero attached hydrogens (tertiary/aromatic N) is 4. The number of morpholine rings is 1. The smallest absolute Gasteiger partial charge is 0.257 e. The van der Waals surface area contributed by atoms with Crippen LogP contribution in [0, 0.1) is 6.92 Å². The maximum absolute atomic E-state index is 12.7. The van der Waals surface area contributed by atoms with Crippen molar-refractivity contribution in [2.45, 2.75) is 32.1 Å². The van der Waals surface area contributed by atoms with E-state index in [1.54, 1.807) is 6.20 Å². The highest BCUT2D eigenvalue weighted by Gasteiger charge is 2.25. The van der Waals surface area contributed by atoms with Crippen LogP contribution in [-0.4, -0.2) is 71.6 Å². The Hall–Kier alpha value is -2.31. The lowest BCUT2D eigenvalue weighted by Gasteiger charge is -2.31. The maximum atomic E-state index is 12.7. The van der Waals surface area contributed by atoms with E-state index in [2.05, 4.69) is 40.2 Å². The number of hydrogen-bond acceptors (Lipinski definition) is 5. The molecule has 1 aromatic heterocycles. The molecule has 0 aliphatic carbocycles. The minimum atomic E-state index is 0.0214. The van der Waals surface area contributed by atoms with Gasteiger partial charge in [0, 0.05) is 31.7 Å². The standard InChI is InChI=1S/C23H30N4O2/c1-18-21(23(28)27-13-15-29-16-14-27)17-24-22(25-18)20-8-11-26(12-9-20)10-7-19-5-3-2-4-6-19/h2-6,17,20H,7-16H2,1H3. The Kier molecular flexibility index (Phi) is 6.52. The summed E-state index contributed by atoms with van der Waals surface area (Å²) in [5.74, 6) is 1.30. The molecular formula is C23H30N4O2. The third kappa shape index (κ3) is 5.00. The second-order valence-electron chi connectivity index (χ2n) is 7.98. The molecule has 154 valence electrons. The summed E-state index contributed by atoms with van der Waals surface area (Å²) in [6, 6.07) is 10.7. The fourth-order valence-corrected chi connectivity index (χ4v) is 4.18. The van der Waals surface area contributed by atoms with E-state index in [9.17, 15) is 4.79 Å². The van der Waals surface area contributed by atoms with Gasteiger partial charge in [0.1, 0.15) is 5.82 Å². The van der Waals surface area contributed by atoms with Gasteiger partial charge in [0.15, 0.2) is 0 Å². The summed E-state index contributed by atoms with van der Waals surface area (Å²) in [5, 5.41) is 0. The summed E-state index contributed by atoms with van der Waals surface area (Å²) in [4.78, 5) is 26.4. The number of aryl methyl sites for hydroxylation is 1. The molecule has 2 aliphatic heterocycles. The van der Waals surface area contributed by atoms with Crippen molar-refractivity contribution in [3.8, 4) is 0 Å². The normalized spacial score (nSPS) is 18.7. The topological polar surface area (TPSA) is 58.6 Å². The molecule has 6 nitrogen and oxygen atoms in total. The van der Waals surface area contributed by atoms with Crippen molar-refractivity contribution < 1.29 is 9.53 Å². The van der Waals surface area contributed by atoms with E-state index in [1.165, 1.54) is 5.56 Å². The predicted octanol–water partition coefficient (Wildman–Crippen LogP) is 2.68. The Morgan fingerprint density at radius 1 is 1.10 bits per heavy atom. The van der Waals surface area contributed by atoms with E-state index >= 15 is 0 Å². The Morgan fingerprint density at radius 2 is 1.83 bits per heavy atom. The molecule has 0 atom stereocenters. The molecule has 4 rings (SSSR count). The highest BCUT2D eigenvalue weighted by atomic mass is 16.5. The van der Waals surface area contributed by atoms with Crippen molar-refractivity contribution in [3.05, 3.63) is 59.2 Å². The summed E-state index contributed by atoms with van der Waals surface area (Å²) >= 11 is 0. The zero-order chi connectivity index (χ0) is 20.1. The Balaban J connectivity index is 1.31. The number of carbonyl (C=O) groups is 1. The first kappa shape index (κ1) is 20.0. The molecule has 3 heterocycles. The first-order valence-electron chi connectivity index (χ1n) is 10.7. The first-order valence-corrected chi connectivity index (χ1v) is 10.7. The van der Waals surface area contributed by atoms with Crippen LogP contribution < -0.4 is 0 Å². The van der Waals surface area contributed by atoms with Gasteiger partial charge in [0.05, 0.1) is 24.5 Å². The Bertz CT molecular complexity index is 813. The number of piperidine rings is 1. The lowest BCUT2D eigenvalue weighted by atomic mass is 9.95. The van der Waals surface area contributed by atoms with E-state index in [4.69, 9.17) is 9.72 Å². The SMILES string of the molecule is Cc1nc(C2CCN(CCc3ccccc3)CC2)ncc1C(=O)N1CCOCC1. The van der Waals surface area contributed by atoms with Crippen molar-refractivity contribution in [2.24, 2.45) is 0 Å². The van der Waals surface area contributed by atoms with Crippen LogP contribution in [0.4, 0.5) is 0 Å². The number of hydrogen-bond donors (Lipinski definition) is 0. The van der Waals surface area contributed by atoms with Gasteiger partial charge in [-0.2, -0.15) is 0 Å². The molecule has 0 bridgehead atoms. The Morgan fingerprint density at radius 3 is 2.52 bits per heavy atom. The van der Waals surface area contributed by atoms with Gasteiger partial charge in [-0.25, -0.2) is 9.97 Å². The van der Waals surface area contributed by atoms with Gasteiger partial charge < -0.3 is 14.5 Å². The average molecular weight is 395 g/mol. The van der Waals surface area contributed by atoms with E-state index < -0.39 is 0 Å². The van der Waals surface area contributed by atoms with E-state index in [-0.39, 0.29) is 5.91 Å². The number of amides is 1. The molecule has 6 heteroatoms. The van der Waals surface area contributed by atoms with Crippen LogP contribution in [0.3, 0.4) is 0 Å². The molecule has 0 radical (unpaired) electrons. The Labute approximate surface area is 172 Å². The molecule has 29 heavy (non-hydrogen) atoms. The average Bonchev–Trinajstić information content (AvgIpc) is 2.79. The quantitative estimate of drug-likeness (QED) is 0.780. The molecule has 2 saturated heterocycles. The van der Waals surface area contributed by atoms with Crippen molar-refractivity contribution >= 4 is 5.91 Å². The van der Waals surface area contributed by atoms with E-state index in [0.717, 1.165) is 50.4 Å². The van der Waals surface area contributed by atoms with Gasteiger partial charge in [0.2, 0.25) is 0 Å². The molecule has 0 spiro atoms. The largest absolute Gasteiger partial charge is 0.378 e. The zero-order valence-corrected chi connectivity index (χ0v) is 17.2. The van der Waals surface area contributed by atoms with Crippen molar-refractivity contribution in [3.63, 3.8) is 0 Å². The van der Waals surface area contributed by atoms with Gasteiger partial charge in [-0.15, -0.1) is 0 Å². The molecule has 0 saturated carbocycles. The summed E-state index contributed by atoms with van der Waals surface area (Å²) in [5.41, 5.74) is 2.81. The van der Waals surface area contributed by atoms with Crippen molar-refractivity contribution in [1.29, 1.82) is 0 Å². The summed E-state index contributed by atoms with van der Waals surface area (Å²) in [6.45, 7) is 7.67. The molecule has 2 aromatic rings. The van der Waals surface area contributed by atoms with Gasteiger partial charge in [-0.3, -0.25) is 4.79 Å². The fourth-order valence-electron chi connectivity index (χ4n) is 4.18. The molecule has 2 fully saturated rings. The zero-order valence-electron chi connectivity index (χ0n) is 17.2. The van der Waals surface area contributed by atoms with E-state index in [0.29, 0.717) is 37.8 Å². The van der Waals surface area contributed by atoms with Gasteiger partial charge >= 0.3 is 0 Å². The second kappa shape index (κ2) is 9.46. The van der Waals surface area contributed by atoms with Crippen LogP contribution in [0.15, 0.2) is 36.5 Å². The van der Waals surface area contributed by atoms with Crippen LogP contribution >= 0.6 is 0 Å². The number of benzene rings is 1. The number of rotatable bonds is 5. The minimum Gasteiger partial charge on any atom is -0.378 e. The molecule has 1 amide bonds. The molecule has 0 unspecified atom stereocenters. The van der Waals surface area contributed by atoms with Crippen LogP contribution in [0.2, 0.25) is 0 Å². The highest BCUT2D eigenvalue weighted by Crippen LogP contribution is 2.26. The van der Waals surface area contributed by atoms with Gasteiger partial charge in [-0.05, 0) is 44.8 Å². The summed E-state index contributed by atoms with van der Waals surface area (Å²) in [6.07, 6.45) is 4.98. The number of carbonyl (C=O) groups excluding carboxylic acids is 1. The summed E-state index contributed by atoms with van der Waals surface area (Å²) in [7, 11) is 0. The third-order valence-corrected chi connectivity index (χ3v) is 6.04. The minimum absolute atomic E-state index is 0.0214. The molecule has 0 N–H and O–H groups in total. The predicted molar refractivity (Wildman–Crippen MR) is 112 cm³/mol. The van der Waals surface area contributed by atoms with Crippen LogP contribution in [0.1, 0.15) is 46.2 Å². The maximum Gasteiger partial charge on any atom is 0.257 e. The lowest BCUT2D eigenvalue weighted by Crippen LogP contribution is -2.41. The van der Waals surface area contributed by atoms with Crippen molar-refractivity contribution in [2.75, 3.05) is 45.9 Å².